The molecule has 168 valence electrons. The Morgan fingerprint density at radius 2 is 1.97 bits per heavy atom. The van der Waals surface area contributed by atoms with Gasteiger partial charge in [-0.15, -0.1) is 0 Å². The van der Waals surface area contributed by atoms with Crippen LogP contribution in [0.4, 0.5) is 0 Å². The van der Waals surface area contributed by atoms with Crippen LogP contribution in [0.15, 0.2) is 59.6 Å². The normalized spacial score (nSPS) is 14.5. The van der Waals surface area contributed by atoms with E-state index in [-0.39, 0.29) is 11.8 Å². The summed E-state index contributed by atoms with van der Waals surface area (Å²) in [4.78, 5) is 33.6. The van der Waals surface area contributed by atoms with Crippen molar-refractivity contribution in [1.82, 2.24) is 24.7 Å². The van der Waals surface area contributed by atoms with Gasteiger partial charge in [-0.3, -0.25) is 19.5 Å². The second-order valence-electron chi connectivity index (χ2n) is 8.09. The molecule has 4 heterocycles. The molecule has 1 aliphatic heterocycles. The van der Waals surface area contributed by atoms with Gasteiger partial charge in [-0.25, -0.2) is 0 Å². The first-order valence-electron chi connectivity index (χ1n) is 11.0. The lowest BCUT2D eigenvalue weighted by molar-refractivity contribution is 0.0626. The zero-order valence-corrected chi connectivity index (χ0v) is 18.4. The number of carbonyl (C=O) groups excluding carboxylic acids is 2. The van der Waals surface area contributed by atoms with Crippen molar-refractivity contribution >= 4 is 11.8 Å². The van der Waals surface area contributed by atoms with Crippen molar-refractivity contribution in [3.05, 3.63) is 77.8 Å². The maximum atomic E-state index is 12.6. The standard InChI is InChI=1S/C24H29N5O3/c1-27-8-3-7-22(27)24(31)29-12-10-28(11-13-29)9-2-5-19-15-20(17-25-16-19)23(30)26-18-21-6-4-14-32-21/h3-4,6-8,14-17H,2,5,9-13,18H2,1H3,(H,26,30). The molecule has 8 nitrogen and oxygen atoms in total. The summed E-state index contributed by atoms with van der Waals surface area (Å²) in [6.07, 6.45) is 8.73. The van der Waals surface area contributed by atoms with Crippen molar-refractivity contribution in [2.24, 2.45) is 7.05 Å². The molecule has 1 aliphatic rings. The van der Waals surface area contributed by atoms with Crippen LogP contribution in [0.2, 0.25) is 0 Å². The Bertz CT molecular complexity index is 1040. The maximum absolute atomic E-state index is 12.6. The molecular formula is C24H29N5O3. The molecule has 0 unspecified atom stereocenters. The summed E-state index contributed by atoms with van der Waals surface area (Å²) in [6.45, 7) is 4.57. The summed E-state index contributed by atoms with van der Waals surface area (Å²) >= 11 is 0. The molecular weight excluding hydrogens is 406 g/mol. The lowest BCUT2D eigenvalue weighted by atomic mass is 10.1. The van der Waals surface area contributed by atoms with Gasteiger partial charge < -0.3 is 19.2 Å². The molecule has 0 aromatic carbocycles. The number of carbonyl (C=O) groups is 2. The topological polar surface area (TPSA) is 83.6 Å². The van der Waals surface area contributed by atoms with Crippen molar-refractivity contribution in [3.8, 4) is 0 Å². The zero-order chi connectivity index (χ0) is 22.3. The van der Waals surface area contributed by atoms with Crippen LogP contribution in [-0.2, 0) is 20.0 Å². The first-order valence-corrected chi connectivity index (χ1v) is 11.0. The van der Waals surface area contributed by atoms with E-state index in [9.17, 15) is 9.59 Å². The molecule has 4 rings (SSSR count). The molecule has 1 fully saturated rings. The van der Waals surface area contributed by atoms with E-state index in [1.807, 2.05) is 53.2 Å². The first-order chi connectivity index (χ1) is 15.6. The smallest absolute Gasteiger partial charge is 0.270 e. The largest absolute Gasteiger partial charge is 0.467 e. The van der Waals surface area contributed by atoms with Crippen LogP contribution >= 0.6 is 0 Å². The predicted octanol–water partition coefficient (Wildman–Crippen LogP) is 2.33. The molecule has 0 spiro atoms. The molecule has 0 saturated carbocycles. The van der Waals surface area contributed by atoms with Crippen molar-refractivity contribution < 1.29 is 14.0 Å². The summed E-state index contributed by atoms with van der Waals surface area (Å²) in [5, 5.41) is 2.85. The first kappa shape index (κ1) is 21.8. The van der Waals surface area contributed by atoms with Crippen LogP contribution in [-0.4, -0.2) is 63.9 Å². The molecule has 3 aromatic heterocycles. The Labute approximate surface area is 187 Å². The highest BCUT2D eigenvalue weighted by atomic mass is 16.3. The molecule has 3 aromatic rings. The Morgan fingerprint density at radius 3 is 2.69 bits per heavy atom. The van der Waals surface area contributed by atoms with Gasteiger partial charge in [0.1, 0.15) is 11.5 Å². The van der Waals surface area contributed by atoms with Gasteiger partial charge in [0.25, 0.3) is 11.8 Å². The van der Waals surface area contributed by atoms with Gasteiger partial charge in [0.2, 0.25) is 0 Å². The Morgan fingerprint density at radius 1 is 1.12 bits per heavy atom. The number of aryl methyl sites for hydroxylation is 2. The molecule has 32 heavy (non-hydrogen) atoms. The molecule has 0 radical (unpaired) electrons. The van der Waals surface area contributed by atoms with E-state index in [0.717, 1.165) is 56.8 Å². The summed E-state index contributed by atoms with van der Waals surface area (Å²) in [7, 11) is 1.90. The van der Waals surface area contributed by atoms with Crippen LogP contribution in [0.25, 0.3) is 0 Å². The molecule has 2 amide bonds. The van der Waals surface area contributed by atoms with E-state index >= 15 is 0 Å². The highest BCUT2D eigenvalue weighted by molar-refractivity contribution is 5.94. The van der Waals surface area contributed by atoms with Gasteiger partial charge in [-0.05, 0) is 55.3 Å². The molecule has 0 atom stereocenters. The fourth-order valence-corrected chi connectivity index (χ4v) is 3.96. The maximum Gasteiger partial charge on any atom is 0.270 e. The SMILES string of the molecule is Cn1cccc1C(=O)N1CCN(CCCc2cncc(C(=O)NCc3ccco3)c2)CC1. The molecule has 1 N–H and O–H groups in total. The van der Waals surface area contributed by atoms with Gasteiger partial charge in [0, 0.05) is 51.8 Å². The van der Waals surface area contributed by atoms with Crippen LogP contribution < -0.4 is 5.32 Å². The van der Waals surface area contributed by atoms with Gasteiger partial charge in [-0.1, -0.05) is 0 Å². The molecule has 8 heteroatoms. The van der Waals surface area contributed by atoms with E-state index in [1.54, 1.807) is 18.5 Å². The van der Waals surface area contributed by atoms with E-state index in [4.69, 9.17) is 4.42 Å². The third-order valence-electron chi connectivity index (χ3n) is 5.82. The Kier molecular flexibility index (Phi) is 7.01. The quantitative estimate of drug-likeness (QED) is 0.587. The summed E-state index contributed by atoms with van der Waals surface area (Å²) in [5.41, 5.74) is 2.34. The van der Waals surface area contributed by atoms with Crippen molar-refractivity contribution in [1.29, 1.82) is 0 Å². The number of rotatable bonds is 8. The van der Waals surface area contributed by atoms with E-state index in [1.165, 1.54) is 0 Å². The van der Waals surface area contributed by atoms with E-state index in [2.05, 4.69) is 15.2 Å². The monoisotopic (exact) mass is 435 g/mol. The summed E-state index contributed by atoms with van der Waals surface area (Å²) in [6, 6.07) is 9.29. The van der Waals surface area contributed by atoms with Gasteiger partial charge in [0.05, 0.1) is 18.4 Å². The zero-order valence-electron chi connectivity index (χ0n) is 18.4. The average Bonchev–Trinajstić information content (AvgIpc) is 3.49. The Hall–Kier alpha value is -3.39. The number of nitrogens with one attached hydrogen (secondary N) is 1. The number of hydrogen-bond acceptors (Lipinski definition) is 5. The van der Waals surface area contributed by atoms with Crippen LogP contribution in [0.3, 0.4) is 0 Å². The van der Waals surface area contributed by atoms with E-state index < -0.39 is 0 Å². The van der Waals surface area contributed by atoms with Crippen molar-refractivity contribution in [2.45, 2.75) is 19.4 Å². The number of amides is 2. The second-order valence-corrected chi connectivity index (χ2v) is 8.09. The minimum absolute atomic E-state index is 0.102. The van der Waals surface area contributed by atoms with Gasteiger partial charge >= 0.3 is 0 Å². The second kappa shape index (κ2) is 10.3. The Balaban J connectivity index is 1.20. The number of nitrogens with zero attached hydrogens (tertiary/aromatic N) is 4. The minimum atomic E-state index is -0.158. The van der Waals surface area contributed by atoms with E-state index in [0.29, 0.717) is 17.9 Å². The molecule has 0 bridgehead atoms. The van der Waals surface area contributed by atoms with Crippen LogP contribution in [0.5, 0.6) is 0 Å². The number of hydrogen-bond donors (Lipinski definition) is 1. The van der Waals surface area contributed by atoms with Crippen LogP contribution in [0.1, 0.15) is 38.6 Å². The third-order valence-corrected chi connectivity index (χ3v) is 5.82. The van der Waals surface area contributed by atoms with Crippen LogP contribution in [0, 0.1) is 0 Å². The number of pyridine rings is 1. The average molecular weight is 436 g/mol. The van der Waals surface area contributed by atoms with Crippen molar-refractivity contribution in [3.63, 3.8) is 0 Å². The minimum Gasteiger partial charge on any atom is -0.467 e. The predicted molar refractivity (Wildman–Crippen MR) is 120 cm³/mol. The molecule has 1 saturated heterocycles. The lowest BCUT2D eigenvalue weighted by Crippen LogP contribution is -2.49. The highest BCUT2D eigenvalue weighted by Gasteiger charge is 2.23. The van der Waals surface area contributed by atoms with Crippen molar-refractivity contribution in [2.75, 3.05) is 32.7 Å². The van der Waals surface area contributed by atoms with Gasteiger partial charge in [0.15, 0.2) is 0 Å². The number of aromatic nitrogens is 2. The summed E-state index contributed by atoms with van der Waals surface area (Å²) < 4.78 is 7.11. The lowest BCUT2D eigenvalue weighted by Gasteiger charge is -2.34. The number of furan rings is 1. The molecule has 0 aliphatic carbocycles. The fraction of sp³-hybridized carbons (Fsp3) is 0.375. The fourth-order valence-electron chi connectivity index (χ4n) is 3.96. The summed E-state index contributed by atoms with van der Waals surface area (Å²) in [5.74, 6) is 0.660. The van der Waals surface area contributed by atoms with Gasteiger partial charge in [-0.2, -0.15) is 0 Å². The highest BCUT2D eigenvalue weighted by Crippen LogP contribution is 2.11. The third kappa shape index (κ3) is 5.45. The number of piperazine rings is 1.